The van der Waals surface area contributed by atoms with Crippen molar-refractivity contribution in [2.24, 2.45) is 0 Å². The molecule has 3 atom stereocenters. The molecular weight excluding hydrogens is 584 g/mol. The molecule has 3 aromatic rings. The molecule has 0 fully saturated rings. The Morgan fingerprint density at radius 2 is 1.35 bits per heavy atom. The fourth-order valence-corrected chi connectivity index (χ4v) is 6.11. The lowest BCUT2D eigenvalue weighted by molar-refractivity contribution is -0.165. The number of rotatable bonds is 12. The highest BCUT2D eigenvalue weighted by molar-refractivity contribution is 9.11. The molecule has 3 aromatic carbocycles. The van der Waals surface area contributed by atoms with E-state index in [-0.39, 0.29) is 17.9 Å². The van der Waals surface area contributed by atoms with Gasteiger partial charge in [-0.25, -0.2) is 0 Å². The molecule has 2 N–H and O–H groups in total. The molecule has 3 rings (SSSR count). The fraction of sp³-hybridized carbons (Fsp3) is 0.364. The van der Waals surface area contributed by atoms with Gasteiger partial charge in [-0.2, -0.15) is 0 Å². The van der Waals surface area contributed by atoms with Crippen molar-refractivity contribution in [3.8, 4) is 0 Å². The van der Waals surface area contributed by atoms with Gasteiger partial charge in [-0.05, 0) is 34.8 Å². The van der Waals surface area contributed by atoms with Gasteiger partial charge in [-0.1, -0.05) is 134 Å². The van der Waals surface area contributed by atoms with Crippen LogP contribution >= 0.6 is 15.9 Å². The van der Waals surface area contributed by atoms with Gasteiger partial charge in [0.25, 0.3) is 0 Å². The molecule has 0 radical (unpaired) electrons. The Morgan fingerprint density at radius 1 is 0.900 bits per heavy atom. The summed E-state index contributed by atoms with van der Waals surface area (Å²) in [6.45, 7) is 14.7. The lowest BCUT2D eigenvalue weighted by atomic mass is 9.79. The molecule has 0 heterocycles. The lowest BCUT2D eigenvalue weighted by Gasteiger charge is -2.39. The molecule has 0 amide bonds. The minimum Gasteiger partial charge on any atom is -0.454 e. The number of carbonyl (C=O) groups is 1. The van der Waals surface area contributed by atoms with E-state index in [1.165, 1.54) is 0 Å². The highest BCUT2D eigenvalue weighted by Crippen LogP contribution is 2.44. The zero-order valence-corrected chi connectivity index (χ0v) is 26.6. The lowest BCUT2D eigenvalue weighted by Crippen LogP contribution is -2.44. The van der Waals surface area contributed by atoms with E-state index >= 15 is 0 Å². The van der Waals surface area contributed by atoms with Crippen LogP contribution in [0.4, 0.5) is 0 Å². The third-order valence-corrected chi connectivity index (χ3v) is 12.6. The van der Waals surface area contributed by atoms with Gasteiger partial charge in [0.05, 0.1) is 18.6 Å². The number of aliphatic hydroxyl groups excluding tert-OH is 1. The summed E-state index contributed by atoms with van der Waals surface area (Å²) in [5.74, 6) is -0.627. The van der Waals surface area contributed by atoms with Gasteiger partial charge in [0.2, 0.25) is 0 Å². The quantitative estimate of drug-likeness (QED) is 0.160. The van der Waals surface area contributed by atoms with Crippen LogP contribution in [-0.2, 0) is 19.6 Å². The molecule has 214 valence electrons. The van der Waals surface area contributed by atoms with Crippen molar-refractivity contribution in [1.82, 2.24) is 0 Å². The number of ether oxygens (including phenoxy) is 1. The highest BCUT2D eigenvalue weighted by Gasteiger charge is 2.44. The van der Waals surface area contributed by atoms with Crippen molar-refractivity contribution < 1.29 is 24.2 Å². The molecule has 0 aliphatic carbocycles. The first-order valence-electron chi connectivity index (χ1n) is 13.5. The van der Waals surface area contributed by atoms with Crippen LogP contribution in [0.15, 0.2) is 102 Å². The van der Waals surface area contributed by atoms with Crippen LogP contribution in [0.25, 0.3) is 0 Å². The van der Waals surface area contributed by atoms with Crippen molar-refractivity contribution in [2.45, 2.75) is 75.7 Å². The van der Waals surface area contributed by atoms with Crippen LogP contribution in [-0.4, -0.2) is 36.7 Å². The van der Waals surface area contributed by atoms with Crippen molar-refractivity contribution in [3.05, 3.63) is 119 Å². The molecule has 0 spiro atoms. The Labute approximate surface area is 248 Å². The minimum absolute atomic E-state index is 0.0280. The van der Waals surface area contributed by atoms with Gasteiger partial charge >= 0.3 is 5.97 Å². The van der Waals surface area contributed by atoms with Gasteiger partial charge in [0.1, 0.15) is 0 Å². The SMILES string of the molecule is C=C(Br)[C@H](C[C@@H](O)CC(=O)O[C@@H](c1ccccc1)C(O)(c1ccccc1)c1ccccc1)O[Si](C)(C)C(C)(C)C. The standard InChI is InChI=1S/C33H41BrO5Si/c1-24(34)29(39-40(5,6)32(2,3)4)22-28(35)23-30(36)38-31(25-16-10-7-11-17-25)33(37,26-18-12-8-13-19-26)27-20-14-9-15-21-27/h7-21,28-29,31,35,37H,1,22-23H2,2-6H3/t28-,29+,31+/m1/s1. The van der Waals surface area contributed by atoms with E-state index in [2.05, 4.69) is 56.4 Å². The number of aliphatic hydroxyl groups is 2. The summed E-state index contributed by atoms with van der Waals surface area (Å²) in [4.78, 5) is 13.4. The predicted octanol–water partition coefficient (Wildman–Crippen LogP) is 7.65. The molecule has 7 heteroatoms. The second kappa shape index (κ2) is 13.4. The summed E-state index contributed by atoms with van der Waals surface area (Å²) >= 11 is 3.45. The Bertz CT molecular complexity index is 1200. The average molecular weight is 626 g/mol. The molecule has 0 aliphatic rings. The summed E-state index contributed by atoms with van der Waals surface area (Å²) in [5.41, 5.74) is 0.125. The van der Waals surface area contributed by atoms with Crippen LogP contribution in [0.1, 0.15) is 56.4 Å². The first-order chi connectivity index (χ1) is 18.8. The van der Waals surface area contributed by atoms with Crippen molar-refractivity contribution >= 4 is 30.2 Å². The second-order valence-electron chi connectivity index (χ2n) is 11.7. The second-order valence-corrected chi connectivity index (χ2v) is 17.5. The van der Waals surface area contributed by atoms with Crippen LogP contribution in [0, 0.1) is 0 Å². The van der Waals surface area contributed by atoms with E-state index in [1.54, 1.807) is 0 Å². The minimum atomic E-state index is -2.16. The summed E-state index contributed by atoms with van der Waals surface area (Å²) in [5, 5.41) is 23.3. The van der Waals surface area contributed by atoms with Crippen LogP contribution in [0.2, 0.25) is 18.1 Å². The summed E-state index contributed by atoms with van der Waals surface area (Å²) < 4.78 is 13.2. The summed E-state index contributed by atoms with van der Waals surface area (Å²) in [6.07, 6.45) is -2.64. The molecule has 40 heavy (non-hydrogen) atoms. The summed E-state index contributed by atoms with van der Waals surface area (Å²) in [7, 11) is -2.16. The third-order valence-electron chi connectivity index (χ3n) is 7.64. The average Bonchev–Trinajstić information content (AvgIpc) is 2.91. The van der Waals surface area contributed by atoms with E-state index in [4.69, 9.17) is 9.16 Å². The smallest absolute Gasteiger partial charge is 0.309 e. The first kappa shape index (κ1) is 32.0. The number of carbonyl (C=O) groups excluding carboxylic acids is 1. The number of esters is 1. The molecule has 0 saturated carbocycles. The van der Waals surface area contributed by atoms with E-state index < -0.39 is 38.2 Å². The molecule has 5 nitrogen and oxygen atoms in total. The molecule has 0 bridgehead atoms. The van der Waals surface area contributed by atoms with Crippen LogP contribution in [0.3, 0.4) is 0 Å². The summed E-state index contributed by atoms with van der Waals surface area (Å²) in [6, 6.07) is 27.6. The molecule has 0 saturated heterocycles. The molecular formula is C33H41BrO5Si. The van der Waals surface area contributed by atoms with Gasteiger partial charge in [0.15, 0.2) is 20.0 Å². The zero-order chi connectivity index (χ0) is 29.6. The normalized spacial score (nSPS) is 14.7. The van der Waals surface area contributed by atoms with Gasteiger partial charge in [0, 0.05) is 10.9 Å². The molecule has 0 aliphatic heterocycles. The predicted molar refractivity (Wildman–Crippen MR) is 167 cm³/mol. The first-order valence-corrected chi connectivity index (χ1v) is 17.2. The number of halogens is 1. The Morgan fingerprint density at radius 3 is 1.77 bits per heavy atom. The van der Waals surface area contributed by atoms with Gasteiger partial charge in [-0.3, -0.25) is 4.79 Å². The largest absolute Gasteiger partial charge is 0.454 e. The highest BCUT2D eigenvalue weighted by atomic mass is 79.9. The third kappa shape index (κ3) is 7.80. The topological polar surface area (TPSA) is 76.0 Å². The van der Waals surface area contributed by atoms with E-state index in [9.17, 15) is 15.0 Å². The van der Waals surface area contributed by atoms with E-state index in [0.29, 0.717) is 21.2 Å². The number of hydrogen-bond donors (Lipinski definition) is 2. The Kier molecular flexibility index (Phi) is 10.7. The van der Waals surface area contributed by atoms with Crippen LogP contribution < -0.4 is 0 Å². The maximum Gasteiger partial charge on any atom is 0.309 e. The van der Waals surface area contributed by atoms with E-state index in [0.717, 1.165) is 0 Å². The van der Waals surface area contributed by atoms with Crippen LogP contribution in [0.5, 0.6) is 0 Å². The Hall–Kier alpha value is -2.55. The number of hydrogen-bond acceptors (Lipinski definition) is 5. The monoisotopic (exact) mass is 624 g/mol. The van der Waals surface area contributed by atoms with E-state index in [1.807, 2.05) is 91.0 Å². The number of benzene rings is 3. The van der Waals surface area contributed by atoms with Gasteiger partial charge in [-0.15, -0.1) is 0 Å². The van der Waals surface area contributed by atoms with Crippen molar-refractivity contribution in [3.63, 3.8) is 0 Å². The maximum atomic E-state index is 13.4. The van der Waals surface area contributed by atoms with Crippen molar-refractivity contribution in [2.75, 3.05) is 0 Å². The maximum absolute atomic E-state index is 13.4. The Balaban J connectivity index is 1.89. The molecule has 0 unspecified atom stereocenters. The molecule has 0 aromatic heterocycles. The van der Waals surface area contributed by atoms with Crippen molar-refractivity contribution in [1.29, 1.82) is 0 Å². The van der Waals surface area contributed by atoms with Gasteiger partial charge < -0.3 is 19.4 Å². The zero-order valence-electron chi connectivity index (χ0n) is 24.0. The fourth-order valence-electron chi connectivity index (χ4n) is 4.35.